The number of morpholine rings is 1. The second-order valence-electron chi connectivity index (χ2n) is 6.97. The molecule has 0 unspecified atom stereocenters. The first-order chi connectivity index (χ1) is 14.9. The Kier molecular flexibility index (Phi) is 6.86. The van der Waals surface area contributed by atoms with Gasteiger partial charge >= 0.3 is 6.18 Å². The van der Waals surface area contributed by atoms with E-state index >= 15 is 0 Å². The van der Waals surface area contributed by atoms with Crippen molar-refractivity contribution >= 4 is 23.4 Å². The molecule has 0 atom stereocenters. The molecule has 164 valence electrons. The van der Waals surface area contributed by atoms with Gasteiger partial charge in [-0.15, -0.1) is 10.2 Å². The zero-order valence-electron chi connectivity index (χ0n) is 16.5. The Bertz CT molecular complexity index is 1040. The normalized spacial score (nSPS) is 15.4. The molecule has 1 aliphatic heterocycles. The Morgan fingerprint density at radius 1 is 1.03 bits per heavy atom. The lowest BCUT2D eigenvalue weighted by Gasteiger charge is -2.26. The van der Waals surface area contributed by atoms with Crippen molar-refractivity contribution in [2.75, 3.05) is 38.6 Å². The van der Waals surface area contributed by atoms with Crippen LogP contribution in [0.5, 0.6) is 0 Å². The van der Waals surface area contributed by atoms with E-state index in [2.05, 4.69) is 15.1 Å². The quantitative estimate of drug-likeness (QED) is 0.475. The maximum Gasteiger partial charge on any atom is 0.416 e. The van der Waals surface area contributed by atoms with Gasteiger partial charge in [0.05, 0.1) is 29.5 Å². The van der Waals surface area contributed by atoms with Gasteiger partial charge in [-0.1, -0.05) is 41.6 Å². The van der Waals surface area contributed by atoms with Gasteiger partial charge in [0.2, 0.25) is 0 Å². The fourth-order valence-electron chi connectivity index (χ4n) is 3.33. The first-order valence-electron chi connectivity index (χ1n) is 9.74. The summed E-state index contributed by atoms with van der Waals surface area (Å²) in [5.74, 6) is 1.12. The van der Waals surface area contributed by atoms with E-state index in [9.17, 15) is 13.2 Å². The first kappa shape index (κ1) is 22.1. The molecule has 0 amide bonds. The fourth-order valence-corrected chi connectivity index (χ4v) is 4.50. The monoisotopic (exact) mass is 468 g/mol. The molecule has 0 bridgehead atoms. The Labute approximate surface area is 187 Å². The number of ether oxygens (including phenoxy) is 1. The highest BCUT2D eigenvalue weighted by atomic mass is 35.5. The van der Waals surface area contributed by atoms with Crippen LogP contribution in [0.3, 0.4) is 0 Å². The van der Waals surface area contributed by atoms with E-state index in [-0.39, 0.29) is 0 Å². The Hall–Kier alpha value is -2.07. The molecule has 0 spiro atoms. The number of hydrogen-bond donors (Lipinski definition) is 0. The molecule has 1 aliphatic rings. The molecule has 0 radical (unpaired) electrons. The number of halogens is 4. The summed E-state index contributed by atoms with van der Waals surface area (Å²) in [5, 5.41) is 9.52. The fraction of sp³-hybridized carbons (Fsp3) is 0.333. The highest BCUT2D eigenvalue weighted by Gasteiger charge is 2.31. The molecule has 1 saturated heterocycles. The van der Waals surface area contributed by atoms with E-state index in [1.54, 1.807) is 34.9 Å². The molecule has 1 fully saturated rings. The van der Waals surface area contributed by atoms with Crippen molar-refractivity contribution < 1.29 is 17.9 Å². The number of hydrogen-bond acceptors (Lipinski definition) is 5. The van der Waals surface area contributed by atoms with Crippen molar-refractivity contribution in [3.8, 4) is 17.1 Å². The van der Waals surface area contributed by atoms with E-state index in [1.807, 2.05) is 0 Å². The number of aromatic nitrogens is 3. The molecule has 2 heterocycles. The van der Waals surface area contributed by atoms with E-state index in [4.69, 9.17) is 16.3 Å². The van der Waals surface area contributed by atoms with Crippen LogP contribution < -0.4 is 0 Å². The predicted octanol–water partition coefficient (Wildman–Crippen LogP) is 5.03. The van der Waals surface area contributed by atoms with Crippen LogP contribution in [-0.4, -0.2) is 58.3 Å². The first-order valence-corrected chi connectivity index (χ1v) is 11.1. The third-order valence-corrected chi connectivity index (χ3v) is 6.16. The number of nitrogens with zero attached hydrogens (tertiary/aromatic N) is 4. The third kappa shape index (κ3) is 5.23. The Balaban J connectivity index is 1.68. The molecule has 0 saturated carbocycles. The number of alkyl halides is 3. The summed E-state index contributed by atoms with van der Waals surface area (Å²) in [6, 6.07) is 12.2. The second-order valence-corrected chi connectivity index (χ2v) is 8.44. The van der Waals surface area contributed by atoms with Gasteiger partial charge in [0.25, 0.3) is 0 Å². The van der Waals surface area contributed by atoms with E-state index < -0.39 is 11.7 Å². The lowest BCUT2D eigenvalue weighted by Crippen LogP contribution is -2.37. The average molecular weight is 469 g/mol. The van der Waals surface area contributed by atoms with Crippen molar-refractivity contribution in [3.63, 3.8) is 0 Å². The summed E-state index contributed by atoms with van der Waals surface area (Å²) in [5.41, 5.74) is 0.214. The molecular formula is C21H20ClF3N4OS. The van der Waals surface area contributed by atoms with Crippen LogP contribution in [0, 0.1) is 0 Å². The van der Waals surface area contributed by atoms with E-state index in [0.717, 1.165) is 37.5 Å². The van der Waals surface area contributed by atoms with Crippen LogP contribution in [0.25, 0.3) is 17.1 Å². The van der Waals surface area contributed by atoms with Gasteiger partial charge in [-0.05, 0) is 30.3 Å². The minimum absolute atomic E-state index is 0.337. The number of benzene rings is 2. The molecule has 0 aliphatic carbocycles. The Morgan fingerprint density at radius 3 is 2.55 bits per heavy atom. The SMILES string of the molecule is FC(F)(F)c1cccc(-n2c(SCCN3CCOCC3)nnc2-c2ccccc2Cl)c1. The van der Waals surface area contributed by atoms with Crippen molar-refractivity contribution in [1.82, 2.24) is 19.7 Å². The van der Waals surface area contributed by atoms with Gasteiger partial charge in [0, 0.05) is 31.0 Å². The van der Waals surface area contributed by atoms with Crippen LogP contribution >= 0.6 is 23.4 Å². The summed E-state index contributed by atoms with van der Waals surface area (Å²) in [6.45, 7) is 3.98. The maximum atomic E-state index is 13.3. The van der Waals surface area contributed by atoms with Gasteiger partial charge in [-0.2, -0.15) is 13.2 Å². The molecule has 10 heteroatoms. The molecule has 2 aromatic carbocycles. The van der Waals surface area contributed by atoms with Gasteiger partial charge in [0.15, 0.2) is 11.0 Å². The smallest absolute Gasteiger partial charge is 0.379 e. The molecule has 4 rings (SSSR count). The standard InChI is InChI=1S/C21H20ClF3N4OS/c22-18-7-2-1-6-17(18)19-26-27-20(31-13-10-28-8-11-30-12-9-28)29(19)16-5-3-4-15(14-16)21(23,24)25/h1-7,14H,8-13H2. The van der Waals surface area contributed by atoms with Crippen LogP contribution in [0.2, 0.25) is 5.02 Å². The molecule has 1 aromatic heterocycles. The minimum atomic E-state index is -4.45. The summed E-state index contributed by atoms with van der Waals surface area (Å²) in [7, 11) is 0. The van der Waals surface area contributed by atoms with Crippen LogP contribution in [0.15, 0.2) is 53.7 Å². The van der Waals surface area contributed by atoms with Gasteiger partial charge in [0.1, 0.15) is 0 Å². The van der Waals surface area contributed by atoms with Crippen molar-refractivity contribution in [1.29, 1.82) is 0 Å². The van der Waals surface area contributed by atoms with Crippen LogP contribution in [-0.2, 0) is 10.9 Å². The van der Waals surface area contributed by atoms with Crippen LogP contribution in [0.1, 0.15) is 5.56 Å². The summed E-state index contributed by atoms with van der Waals surface area (Å²) in [4.78, 5) is 2.29. The van der Waals surface area contributed by atoms with Crippen molar-refractivity contribution in [2.45, 2.75) is 11.3 Å². The maximum absolute atomic E-state index is 13.3. The Morgan fingerprint density at radius 2 is 1.81 bits per heavy atom. The average Bonchev–Trinajstić information content (AvgIpc) is 3.18. The number of thioether (sulfide) groups is 1. The second kappa shape index (κ2) is 9.60. The predicted molar refractivity (Wildman–Crippen MR) is 115 cm³/mol. The molecular weight excluding hydrogens is 449 g/mol. The van der Waals surface area contributed by atoms with Gasteiger partial charge in [-0.25, -0.2) is 0 Å². The van der Waals surface area contributed by atoms with Crippen molar-refractivity contribution in [2.24, 2.45) is 0 Å². The highest BCUT2D eigenvalue weighted by Crippen LogP contribution is 2.35. The topological polar surface area (TPSA) is 43.2 Å². The molecule has 31 heavy (non-hydrogen) atoms. The number of rotatable bonds is 6. The highest BCUT2D eigenvalue weighted by molar-refractivity contribution is 7.99. The third-order valence-electron chi connectivity index (χ3n) is 4.92. The zero-order chi connectivity index (χ0) is 21.8. The van der Waals surface area contributed by atoms with E-state index in [0.29, 0.717) is 40.5 Å². The van der Waals surface area contributed by atoms with Crippen molar-refractivity contribution in [3.05, 3.63) is 59.1 Å². The van der Waals surface area contributed by atoms with Gasteiger partial charge in [-0.3, -0.25) is 9.47 Å². The molecule has 5 nitrogen and oxygen atoms in total. The summed E-state index contributed by atoms with van der Waals surface area (Å²) >= 11 is 7.80. The van der Waals surface area contributed by atoms with E-state index in [1.165, 1.54) is 17.8 Å². The summed E-state index contributed by atoms with van der Waals surface area (Å²) in [6.07, 6.45) is -4.45. The van der Waals surface area contributed by atoms with Crippen LogP contribution in [0.4, 0.5) is 13.2 Å². The lowest BCUT2D eigenvalue weighted by atomic mass is 10.1. The van der Waals surface area contributed by atoms with Gasteiger partial charge < -0.3 is 4.74 Å². The minimum Gasteiger partial charge on any atom is -0.379 e. The molecule has 3 aromatic rings. The zero-order valence-corrected chi connectivity index (χ0v) is 18.1. The summed E-state index contributed by atoms with van der Waals surface area (Å²) < 4.78 is 47.0. The lowest BCUT2D eigenvalue weighted by molar-refractivity contribution is -0.137. The largest absolute Gasteiger partial charge is 0.416 e. The molecule has 0 N–H and O–H groups in total.